The maximum atomic E-state index is 14.3. The monoisotopic (exact) mass is 347 g/mol. The van der Waals surface area contributed by atoms with Gasteiger partial charge in [-0.3, -0.25) is 14.5 Å². The molecular formula is C19H22FNO2S. The zero-order valence-corrected chi connectivity index (χ0v) is 13.5. The van der Waals surface area contributed by atoms with Crippen LogP contribution in [-0.4, -0.2) is 34.1 Å². The van der Waals surface area contributed by atoms with Gasteiger partial charge >= 0.3 is 0 Å². The number of carbonyl (C=O) groups is 2. The van der Waals surface area contributed by atoms with Gasteiger partial charge in [0.1, 0.15) is 5.82 Å². The number of carbonyl (C=O) groups excluding carboxylic acids is 2. The molecule has 2 unspecified atom stereocenters. The molecule has 0 radical (unpaired) electrons. The number of thioether (sulfide) groups is 1. The Balaban J connectivity index is 0.00000169. The second kappa shape index (κ2) is 6.81. The second-order valence-corrected chi connectivity index (χ2v) is 7.71. The van der Waals surface area contributed by atoms with E-state index in [2.05, 4.69) is 4.90 Å². The molecule has 2 fully saturated rings. The number of piperidine rings is 1. The van der Waals surface area contributed by atoms with E-state index in [1.165, 1.54) is 17.8 Å². The Morgan fingerprint density at radius 2 is 2.00 bits per heavy atom. The minimum Gasteiger partial charge on any atom is -0.297 e. The molecule has 2 heterocycles. The number of hydrogen-bond acceptors (Lipinski definition) is 4. The fourth-order valence-corrected chi connectivity index (χ4v) is 4.54. The molecule has 1 aromatic rings. The standard InChI is InChI=1S/C18H18FNO2S.CH4/c19-14-4-2-1-3-13(14)17(18(22)11-5-6-11)20-8-7-15-12(10-20)9-16(21)23-15;/h1-4,9,11,15,17H,5-8,10H2;1H4. The number of fused-ring (bicyclic) bond motifs is 1. The topological polar surface area (TPSA) is 37.4 Å². The van der Waals surface area contributed by atoms with Crippen LogP contribution in [0.4, 0.5) is 4.39 Å². The largest absolute Gasteiger partial charge is 0.297 e. The Hall–Kier alpha value is -1.46. The third-order valence-corrected chi connectivity index (χ3v) is 6.03. The fraction of sp³-hybridized carbons (Fsp3) is 0.474. The molecule has 0 bridgehead atoms. The van der Waals surface area contributed by atoms with Gasteiger partial charge in [0.25, 0.3) is 0 Å². The van der Waals surface area contributed by atoms with Crippen molar-refractivity contribution < 1.29 is 14.0 Å². The average molecular weight is 347 g/mol. The molecule has 24 heavy (non-hydrogen) atoms. The van der Waals surface area contributed by atoms with Crippen molar-refractivity contribution in [3.05, 3.63) is 47.3 Å². The van der Waals surface area contributed by atoms with E-state index in [1.807, 2.05) is 0 Å². The van der Waals surface area contributed by atoms with Gasteiger partial charge in [0.2, 0.25) is 5.12 Å². The first-order valence-electron chi connectivity index (χ1n) is 8.07. The zero-order valence-electron chi connectivity index (χ0n) is 12.7. The van der Waals surface area contributed by atoms with Gasteiger partial charge in [-0.2, -0.15) is 0 Å². The first-order chi connectivity index (χ1) is 11.1. The smallest absolute Gasteiger partial charge is 0.212 e. The SMILES string of the molecule is C.O=C1C=C2CN(C(C(=O)C3CC3)c3ccccc3F)CCC2S1. The maximum Gasteiger partial charge on any atom is 0.212 e. The average Bonchev–Trinajstić information content (AvgIpc) is 3.31. The van der Waals surface area contributed by atoms with Gasteiger partial charge in [-0.05, 0) is 37.0 Å². The van der Waals surface area contributed by atoms with Crippen LogP contribution in [0.25, 0.3) is 0 Å². The molecule has 1 aromatic carbocycles. The van der Waals surface area contributed by atoms with E-state index in [0.29, 0.717) is 12.1 Å². The molecule has 2 atom stereocenters. The summed E-state index contributed by atoms with van der Waals surface area (Å²) in [6.07, 6.45) is 4.36. The molecule has 3 aliphatic rings. The summed E-state index contributed by atoms with van der Waals surface area (Å²) in [4.78, 5) is 26.5. The van der Waals surface area contributed by atoms with Gasteiger partial charge in [0, 0.05) is 29.8 Å². The normalized spacial score (nSPS) is 24.8. The molecule has 0 amide bonds. The predicted molar refractivity (Wildman–Crippen MR) is 94.3 cm³/mol. The van der Waals surface area contributed by atoms with Crippen molar-refractivity contribution in [2.24, 2.45) is 5.92 Å². The van der Waals surface area contributed by atoms with Gasteiger partial charge in [-0.1, -0.05) is 37.4 Å². The van der Waals surface area contributed by atoms with Crippen molar-refractivity contribution >= 4 is 22.7 Å². The number of hydrogen-bond donors (Lipinski definition) is 0. The first kappa shape index (κ1) is 17.4. The van der Waals surface area contributed by atoms with Crippen LogP contribution < -0.4 is 0 Å². The Labute approximate surface area is 146 Å². The van der Waals surface area contributed by atoms with Gasteiger partial charge in [-0.25, -0.2) is 4.39 Å². The second-order valence-electron chi connectivity index (χ2n) is 6.50. The van der Waals surface area contributed by atoms with E-state index < -0.39 is 6.04 Å². The third kappa shape index (κ3) is 3.20. The van der Waals surface area contributed by atoms with E-state index in [-0.39, 0.29) is 35.3 Å². The van der Waals surface area contributed by atoms with Gasteiger partial charge in [0.15, 0.2) is 5.78 Å². The molecule has 128 valence electrons. The van der Waals surface area contributed by atoms with Crippen LogP contribution in [0.1, 0.15) is 38.3 Å². The summed E-state index contributed by atoms with van der Waals surface area (Å²) in [6.45, 7) is 1.31. The lowest BCUT2D eigenvalue weighted by Crippen LogP contribution is -2.42. The molecule has 1 saturated heterocycles. The van der Waals surface area contributed by atoms with Crippen molar-refractivity contribution in [3.8, 4) is 0 Å². The number of rotatable bonds is 4. The quantitative estimate of drug-likeness (QED) is 0.831. The predicted octanol–water partition coefficient (Wildman–Crippen LogP) is 3.76. The molecule has 0 aromatic heterocycles. The van der Waals surface area contributed by atoms with Crippen LogP contribution in [-0.2, 0) is 9.59 Å². The van der Waals surface area contributed by atoms with Gasteiger partial charge in [-0.15, -0.1) is 0 Å². The molecule has 0 spiro atoms. The highest BCUT2D eigenvalue weighted by Gasteiger charge is 2.42. The lowest BCUT2D eigenvalue weighted by molar-refractivity contribution is -0.126. The van der Waals surface area contributed by atoms with Crippen LogP contribution in [0, 0.1) is 11.7 Å². The molecule has 1 aliphatic carbocycles. The molecule has 1 saturated carbocycles. The van der Waals surface area contributed by atoms with Crippen molar-refractivity contribution in [1.29, 1.82) is 0 Å². The third-order valence-electron chi connectivity index (χ3n) is 4.85. The molecule has 4 rings (SSSR count). The minimum atomic E-state index is -0.522. The van der Waals surface area contributed by atoms with Crippen molar-refractivity contribution in [2.45, 2.75) is 38.0 Å². The summed E-state index contributed by atoms with van der Waals surface area (Å²) in [5.41, 5.74) is 1.55. The molecular weight excluding hydrogens is 325 g/mol. The van der Waals surface area contributed by atoms with E-state index >= 15 is 0 Å². The maximum absolute atomic E-state index is 14.3. The number of benzene rings is 1. The van der Waals surface area contributed by atoms with E-state index in [9.17, 15) is 14.0 Å². The molecule has 5 heteroatoms. The molecule has 2 aliphatic heterocycles. The number of halogens is 1. The van der Waals surface area contributed by atoms with E-state index in [1.54, 1.807) is 24.3 Å². The summed E-state index contributed by atoms with van der Waals surface area (Å²) in [6, 6.07) is 6.05. The number of Topliss-reactive ketones (excluding diaryl/α,β-unsaturated/α-hetero) is 1. The summed E-state index contributed by atoms with van der Waals surface area (Å²) < 4.78 is 14.3. The summed E-state index contributed by atoms with van der Waals surface area (Å²) >= 11 is 1.37. The van der Waals surface area contributed by atoms with Crippen LogP contribution in [0.2, 0.25) is 0 Å². The highest BCUT2D eigenvalue weighted by Crippen LogP contribution is 2.41. The summed E-state index contributed by atoms with van der Waals surface area (Å²) in [5.74, 6) is -0.114. The van der Waals surface area contributed by atoms with Crippen LogP contribution >= 0.6 is 11.8 Å². The van der Waals surface area contributed by atoms with Crippen LogP contribution in [0.3, 0.4) is 0 Å². The lowest BCUT2D eigenvalue weighted by Gasteiger charge is -2.37. The number of ketones is 1. The first-order valence-corrected chi connectivity index (χ1v) is 8.95. The minimum absolute atomic E-state index is 0. The summed E-state index contributed by atoms with van der Waals surface area (Å²) in [7, 11) is 0. The Morgan fingerprint density at radius 1 is 1.25 bits per heavy atom. The number of likely N-dealkylation sites (tertiary alicyclic amines) is 1. The highest BCUT2D eigenvalue weighted by molar-refractivity contribution is 8.15. The molecule has 0 N–H and O–H groups in total. The van der Waals surface area contributed by atoms with Crippen LogP contribution in [0.5, 0.6) is 0 Å². The van der Waals surface area contributed by atoms with Crippen molar-refractivity contribution in [2.75, 3.05) is 13.1 Å². The summed E-state index contributed by atoms with van der Waals surface area (Å²) in [5, 5.41) is 0.346. The Bertz CT molecular complexity index is 698. The van der Waals surface area contributed by atoms with Crippen molar-refractivity contribution in [3.63, 3.8) is 0 Å². The van der Waals surface area contributed by atoms with Gasteiger partial charge < -0.3 is 0 Å². The van der Waals surface area contributed by atoms with Gasteiger partial charge in [0.05, 0.1) is 6.04 Å². The Morgan fingerprint density at radius 3 is 2.71 bits per heavy atom. The van der Waals surface area contributed by atoms with Crippen LogP contribution in [0.15, 0.2) is 35.9 Å². The highest BCUT2D eigenvalue weighted by atomic mass is 32.2. The molecule has 3 nitrogen and oxygen atoms in total. The lowest BCUT2D eigenvalue weighted by atomic mass is 9.94. The van der Waals surface area contributed by atoms with E-state index in [4.69, 9.17) is 0 Å². The zero-order chi connectivity index (χ0) is 16.0. The van der Waals surface area contributed by atoms with E-state index in [0.717, 1.165) is 31.4 Å². The number of nitrogens with zero attached hydrogens (tertiary/aromatic N) is 1. The van der Waals surface area contributed by atoms with Crippen molar-refractivity contribution in [1.82, 2.24) is 4.90 Å². The Kier molecular flexibility index (Phi) is 4.92. The fourth-order valence-electron chi connectivity index (χ4n) is 3.52.